The van der Waals surface area contributed by atoms with Gasteiger partial charge in [0.1, 0.15) is 0 Å². The Morgan fingerprint density at radius 3 is 2.83 bits per heavy atom. The van der Waals surface area contributed by atoms with Gasteiger partial charge < -0.3 is 15.5 Å². The SMILES string of the molecule is CN1CCC(NC(=O)Nc2cc(-c3cc4ccccc4s3)c3[nH]ncc3c2)CC1. The van der Waals surface area contributed by atoms with E-state index in [0.29, 0.717) is 0 Å². The van der Waals surface area contributed by atoms with Crippen LogP contribution < -0.4 is 10.6 Å². The lowest BCUT2D eigenvalue weighted by molar-refractivity contribution is 0.221. The summed E-state index contributed by atoms with van der Waals surface area (Å²) in [4.78, 5) is 16.0. The Kier molecular flexibility index (Phi) is 4.69. The number of benzene rings is 2. The number of amides is 2. The third-order valence-electron chi connectivity index (χ3n) is 5.55. The number of rotatable bonds is 3. The summed E-state index contributed by atoms with van der Waals surface area (Å²) in [6.07, 6.45) is 3.77. The molecule has 0 aliphatic carbocycles. The van der Waals surface area contributed by atoms with Crippen LogP contribution in [-0.2, 0) is 0 Å². The number of hydrogen-bond donors (Lipinski definition) is 3. The molecule has 0 bridgehead atoms. The van der Waals surface area contributed by atoms with E-state index in [4.69, 9.17) is 0 Å². The standard InChI is InChI=1S/C22H23N5OS/c1-27-8-6-16(7-9-27)24-22(28)25-17-10-15-13-23-26-21(15)18(12-17)20-11-14-4-2-3-5-19(14)29-20/h2-5,10-13,16H,6-9H2,1H3,(H,23,26)(H2,24,25,28). The lowest BCUT2D eigenvalue weighted by atomic mass is 10.1. The van der Waals surface area contributed by atoms with E-state index in [1.807, 2.05) is 12.1 Å². The van der Waals surface area contributed by atoms with Crippen molar-refractivity contribution in [2.45, 2.75) is 18.9 Å². The first-order chi connectivity index (χ1) is 14.2. The minimum atomic E-state index is -0.148. The van der Waals surface area contributed by atoms with Crippen molar-refractivity contribution in [3.05, 3.63) is 48.7 Å². The zero-order valence-electron chi connectivity index (χ0n) is 16.2. The van der Waals surface area contributed by atoms with Gasteiger partial charge in [0.2, 0.25) is 0 Å². The second-order valence-corrected chi connectivity index (χ2v) is 8.77. The van der Waals surface area contributed by atoms with E-state index >= 15 is 0 Å². The highest BCUT2D eigenvalue weighted by Crippen LogP contribution is 2.38. The number of carbonyl (C=O) groups is 1. The van der Waals surface area contributed by atoms with Crippen LogP contribution in [0.25, 0.3) is 31.4 Å². The van der Waals surface area contributed by atoms with Crippen LogP contribution in [0.5, 0.6) is 0 Å². The average Bonchev–Trinajstić information content (AvgIpc) is 3.35. The highest BCUT2D eigenvalue weighted by molar-refractivity contribution is 7.22. The fourth-order valence-electron chi connectivity index (χ4n) is 3.94. The molecular weight excluding hydrogens is 382 g/mol. The van der Waals surface area contributed by atoms with Gasteiger partial charge in [-0.2, -0.15) is 5.10 Å². The summed E-state index contributed by atoms with van der Waals surface area (Å²) in [5, 5.41) is 15.7. The first-order valence-corrected chi connectivity index (χ1v) is 10.7. The Balaban J connectivity index is 1.42. The number of H-pyrrole nitrogens is 1. The van der Waals surface area contributed by atoms with Crippen LogP contribution in [-0.4, -0.2) is 47.3 Å². The first-order valence-electron chi connectivity index (χ1n) is 9.88. The number of thiophene rings is 1. The number of urea groups is 1. The fourth-order valence-corrected chi connectivity index (χ4v) is 5.03. The van der Waals surface area contributed by atoms with Gasteiger partial charge in [0.15, 0.2) is 0 Å². The predicted octanol–water partition coefficient (Wildman–Crippen LogP) is 4.66. The first kappa shape index (κ1) is 18.1. The van der Waals surface area contributed by atoms with Crippen molar-refractivity contribution in [1.29, 1.82) is 0 Å². The molecule has 1 fully saturated rings. The van der Waals surface area contributed by atoms with Crippen molar-refractivity contribution < 1.29 is 4.79 Å². The molecule has 29 heavy (non-hydrogen) atoms. The summed E-state index contributed by atoms with van der Waals surface area (Å²) in [7, 11) is 2.12. The van der Waals surface area contributed by atoms with E-state index in [9.17, 15) is 4.79 Å². The third kappa shape index (κ3) is 3.71. The fraction of sp³-hybridized carbons (Fsp3) is 0.273. The Morgan fingerprint density at radius 2 is 2.00 bits per heavy atom. The van der Waals surface area contributed by atoms with Crippen molar-refractivity contribution in [2.24, 2.45) is 0 Å². The summed E-state index contributed by atoms with van der Waals surface area (Å²) in [6.45, 7) is 2.03. The maximum absolute atomic E-state index is 12.6. The molecule has 0 spiro atoms. The number of fused-ring (bicyclic) bond motifs is 2. The normalized spacial score (nSPS) is 15.8. The van der Waals surface area contributed by atoms with E-state index in [2.05, 4.69) is 63.1 Å². The van der Waals surface area contributed by atoms with Crippen LogP contribution in [0.15, 0.2) is 48.7 Å². The van der Waals surface area contributed by atoms with Gasteiger partial charge in [0.05, 0.1) is 11.7 Å². The number of likely N-dealkylation sites (tertiary alicyclic amines) is 1. The molecule has 4 aromatic rings. The molecule has 2 amide bonds. The van der Waals surface area contributed by atoms with Crippen LogP contribution >= 0.6 is 11.3 Å². The summed E-state index contributed by atoms with van der Waals surface area (Å²) >= 11 is 1.74. The van der Waals surface area contributed by atoms with Gasteiger partial charge in [0.25, 0.3) is 0 Å². The topological polar surface area (TPSA) is 73.1 Å². The molecule has 0 radical (unpaired) electrons. The van der Waals surface area contributed by atoms with Gasteiger partial charge in [-0.15, -0.1) is 11.3 Å². The Morgan fingerprint density at radius 1 is 1.17 bits per heavy atom. The molecule has 3 heterocycles. The van der Waals surface area contributed by atoms with Crippen molar-refractivity contribution in [3.63, 3.8) is 0 Å². The van der Waals surface area contributed by atoms with Crippen LogP contribution in [0.1, 0.15) is 12.8 Å². The Hall–Kier alpha value is -2.90. The number of piperidine rings is 1. The molecule has 7 heteroatoms. The highest BCUT2D eigenvalue weighted by Gasteiger charge is 2.19. The summed E-state index contributed by atoms with van der Waals surface area (Å²) in [5.41, 5.74) is 2.81. The summed E-state index contributed by atoms with van der Waals surface area (Å²) < 4.78 is 1.24. The lowest BCUT2D eigenvalue weighted by Crippen LogP contribution is -2.44. The molecule has 6 nitrogen and oxygen atoms in total. The lowest BCUT2D eigenvalue weighted by Gasteiger charge is -2.29. The molecule has 5 rings (SSSR count). The molecule has 0 saturated carbocycles. The van der Waals surface area contributed by atoms with E-state index in [1.54, 1.807) is 17.5 Å². The van der Waals surface area contributed by atoms with Gasteiger partial charge in [-0.25, -0.2) is 4.79 Å². The van der Waals surface area contributed by atoms with E-state index in [-0.39, 0.29) is 12.1 Å². The molecule has 0 unspecified atom stereocenters. The number of aromatic nitrogens is 2. The number of carbonyl (C=O) groups excluding carboxylic acids is 1. The molecule has 1 saturated heterocycles. The van der Waals surface area contributed by atoms with Gasteiger partial charge in [-0.1, -0.05) is 18.2 Å². The largest absolute Gasteiger partial charge is 0.335 e. The van der Waals surface area contributed by atoms with E-state index in [0.717, 1.165) is 53.0 Å². The molecule has 1 aliphatic rings. The number of nitrogens with one attached hydrogen (secondary N) is 3. The number of anilines is 1. The van der Waals surface area contributed by atoms with Crippen molar-refractivity contribution in [2.75, 3.05) is 25.5 Å². The monoisotopic (exact) mass is 405 g/mol. The maximum atomic E-state index is 12.6. The van der Waals surface area contributed by atoms with Gasteiger partial charge >= 0.3 is 6.03 Å². The average molecular weight is 406 g/mol. The predicted molar refractivity (Wildman–Crippen MR) is 120 cm³/mol. The molecular formula is C22H23N5OS. The van der Waals surface area contributed by atoms with Gasteiger partial charge in [-0.05, 0) is 62.6 Å². The van der Waals surface area contributed by atoms with Gasteiger partial charge in [-0.3, -0.25) is 5.10 Å². The minimum Gasteiger partial charge on any atom is -0.335 e. The Bertz CT molecular complexity index is 1140. The van der Waals surface area contributed by atoms with Gasteiger partial charge in [0, 0.05) is 32.3 Å². The molecule has 2 aromatic carbocycles. The molecule has 0 atom stereocenters. The quantitative estimate of drug-likeness (QED) is 0.464. The number of hydrogen-bond acceptors (Lipinski definition) is 4. The van der Waals surface area contributed by atoms with E-state index in [1.165, 1.54) is 10.1 Å². The minimum absolute atomic E-state index is 0.148. The zero-order chi connectivity index (χ0) is 19.8. The van der Waals surface area contributed by atoms with Crippen molar-refractivity contribution in [3.8, 4) is 10.4 Å². The Labute approximate surface area is 172 Å². The van der Waals surface area contributed by atoms with Crippen LogP contribution in [0.2, 0.25) is 0 Å². The molecule has 148 valence electrons. The van der Waals surface area contributed by atoms with Crippen molar-refractivity contribution in [1.82, 2.24) is 20.4 Å². The molecule has 2 aromatic heterocycles. The van der Waals surface area contributed by atoms with Crippen LogP contribution in [0, 0.1) is 0 Å². The summed E-state index contributed by atoms with van der Waals surface area (Å²) in [6, 6.07) is 14.6. The van der Waals surface area contributed by atoms with Crippen LogP contribution in [0.4, 0.5) is 10.5 Å². The number of aromatic amines is 1. The third-order valence-corrected chi connectivity index (χ3v) is 6.70. The number of nitrogens with zero attached hydrogens (tertiary/aromatic N) is 2. The van der Waals surface area contributed by atoms with Crippen LogP contribution in [0.3, 0.4) is 0 Å². The molecule has 3 N–H and O–H groups in total. The van der Waals surface area contributed by atoms with E-state index < -0.39 is 0 Å². The second-order valence-electron chi connectivity index (χ2n) is 7.68. The summed E-state index contributed by atoms with van der Waals surface area (Å²) in [5.74, 6) is 0. The molecule has 1 aliphatic heterocycles. The maximum Gasteiger partial charge on any atom is 0.319 e. The zero-order valence-corrected chi connectivity index (χ0v) is 17.1. The highest BCUT2D eigenvalue weighted by atomic mass is 32.1. The van der Waals surface area contributed by atoms with Crippen molar-refractivity contribution >= 4 is 44.0 Å². The smallest absolute Gasteiger partial charge is 0.319 e. The second kappa shape index (κ2) is 7.50.